The number of nitrogens with zero attached hydrogens (tertiary/aromatic N) is 4. The molecule has 4 heteroatoms. The second kappa shape index (κ2) is 5.65. The summed E-state index contributed by atoms with van der Waals surface area (Å²) in [5.74, 6) is 0.691. The van der Waals surface area contributed by atoms with Crippen molar-refractivity contribution in [2.75, 3.05) is 0 Å². The molecule has 0 amide bonds. The SMILES string of the molecule is Cn1nnc(-c2ccccc2CCc2ccccc2)n1. The summed E-state index contributed by atoms with van der Waals surface area (Å²) in [6.07, 6.45) is 1.98. The first kappa shape index (κ1) is 12.5. The Morgan fingerprint density at radius 2 is 1.65 bits per heavy atom. The highest BCUT2D eigenvalue weighted by Crippen LogP contribution is 2.20. The first-order chi connectivity index (χ1) is 9.83. The number of hydrogen-bond donors (Lipinski definition) is 0. The molecule has 0 aliphatic heterocycles. The van der Waals surface area contributed by atoms with Crippen molar-refractivity contribution in [3.05, 3.63) is 65.7 Å². The van der Waals surface area contributed by atoms with Gasteiger partial charge in [0, 0.05) is 5.56 Å². The molecule has 2 aromatic carbocycles. The number of rotatable bonds is 4. The molecule has 3 aromatic rings. The molecule has 0 spiro atoms. The molecular formula is C16H16N4. The van der Waals surface area contributed by atoms with Crippen molar-refractivity contribution in [2.45, 2.75) is 12.8 Å². The largest absolute Gasteiger partial charge is 0.205 e. The van der Waals surface area contributed by atoms with E-state index in [0.717, 1.165) is 18.4 Å². The molecule has 0 aliphatic rings. The lowest BCUT2D eigenvalue weighted by atomic mass is 9.99. The zero-order valence-corrected chi connectivity index (χ0v) is 11.4. The van der Waals surface area contributed by atoms with E-state index in [1.165, 1.54) is 15.9 Å². The molecule has 0 unspecified atom stereocenters. The average Bonchev–Trinajstić information content (AvgIpc) is 2.93. The molecule has 20 heavy (non-hydrogen) atoms. The summed E-state index contributed by atoms with van der Waals surface area (Å²) >= 11 is 0. The Kier molecular flexibility index (Phi) is 3.54. The van der Waals surface area contributed by atoms with Gasteiger partial charge in [-0.3, -0.25) is 0 Å². The van der Waals surface area contributed by atoms with Gasteiger partial charge in [-0.05, 0) is 29.2 Å². The zero-order valence-electron chi connectivity index (χ0n) is 11.4. The fraction of sp³-hybridized carbons (Fsp3) is 0.188. The summed E-state index contributed by atoms with van der Waals surface area (Å²) in [5, 5.41) is 12.3. The summed E-state index contributed by atoms with van der Waals surface area (Å²) in [7, 11) is 1.78. The van der Waals surface area contributed by atoms with Gasteiger partial charge in [0.15, 0.2) is 0 Å². The van der Waals surface area contributed by atoms with Crippen LogP contribution in [0.1, 0.15) is 11.1 Å². The number of aromatic nitrogens is 4. The quantitative estimate of drug-likeness (QED) is 0.727. The molecular weight excluding hydrogens is 248 g/mol. The van der Waals surface area contributed by atoms with E-state index in [4.69, 9.17) is 0 Å². The van der Waals surface area contributed by atoms with Gasteiger partial charge in [-0.2, -0.15) is 4.80 Å². The molecule has 4 nitrogen and oxygen atoms in total. The van der Waals surface area contributed by atoms with Gasteiger partial charge in [0.2, 0.25) is 5.82 Å². The average molecular weight is 264 g/mol. The Balaban J connectivity index is 1.83. The molecule has 0 saturated carbocycles. The molecule has 0 atom stereocenters. The zero-order chi connectivity index (χ0) is 13.8. The highest BCUT2D eigenvalue weighted by molar-refractivity contribution is 5.59. The fourth-order valence-electron chi connectivity index (χ4n) is 2.27. The third-order valence-electron chi connectivity index (χ3n) is 3.29. The summed E-state index contributed by atoms with van der Waals surface area (Å²) in [6, 6.07) is 18.8. The van der Waals surface area contributed by atoms with Crippen molar-refractivity contribution in [2.24, 2.45) is 7.05 Å². The van der Waals surface area contributed by atoms with E-state index in [2.05, 4.69) is 57.9 Å². The van der Waals surface area contributed by atoms with Crippen LogP contribution < -0.4 is 0 Å². The first-order valence-corrected chi connectivity index (χ1v) is 6.69. The van der Waals surface area contributed by atoms with Crippen molar-refractivity contribution in [1.29, 1.82) is 0 Å². The fourth-order valence-corrected chi connectivity index (χ4v) is 2.27. The topological polar surface area (TPSA) is 43.6 Å². The molecule has 0 bridgehead atoms. The molecule has 100 valence electrons. The lowest BCUT2D eigenvalue weighted by molar-refractivity contribution is 0.630. The molecule has 1 heterocycles. The minimum atomic E-state index is 0.691. The van der Waals surface area contributed by atoms with Crippen LogP contribution in [0.5, 0.6) is 0 Å². The van der Waals surface area contributed by atoms with Crippen LogP contribution in [0.15, 0.2) is 54.6 Å². The maximum Gasteiger partial charge on any atom is 0.205 e. The third-order valence-corrected chi connectivity index (χ3v) is 3.29. The standard InChI is InChI=1S/C16H16N4/c1-20-18-16(17-19-20)15-10-6-5-9-14(15)12-11-13-7-3-2-4-8-13/h2-10H,11-12H2,1H3. The molecule has 0 radical (unpaired) electrons. The van der Waals surface area contributed by atoms with Gasteiger partial charge in [0.1, 0.15) is 0 Å². The minimum Gasteiger partial charge on any atom is -0.167 e. The Morgan fingerprint density at radius 3 is 2.40 bits per heavy atom. The Hall–Kier alpha value is -2.49. The summed E-state index contributed by atoms with van der Waals surface area (Å²) in [6.45, 7) is 0. The second-order valence-electron chi connectivity index (χ2n) is 4.75. The maximum absolute atomic E-state index is 4.29. The molecule has 3 rings (SSSR count). The number of aryl methyl sites for hydroxylation is 3. The van der Waals surface area contributed by atoms with Crippen LogP contribution in [0.4, 0.5) is 0 Å². The maximum atomic E-state index is 4.29. The highest BCUT2D eigenvalue weighted by Gasteiger charge is 2.09. The van der Waals surface area contributed by atoms with E-state index < -0.39 is 0 Å². The smallest absolute Gasteiger partial charge is 0.167 e. The van der Waals surface area contributed by atoms with E-state index in [9.17, 15) is 0 Å². The van der Waals surface area contributed by atoms with Crippen molar-refractivity contribution >= 4 is 0 Å². The lowest BCUT2D eigenvalue weighted by Gasteiger charge is -2.06. The van der Waals surface area contributed by atoms with Crippen molar-refractivity contribution < 1.29 is 0 Å². The van der Waals surface area contributed by atoms with Crippen LogP contribution >= 0.6 is 0 Å². The van der Waals surface area contributed by atoms with Crippen LogP contribution in [-0.4, -0.2) is 20.2 Å². The van der Waals surface area contributed by atoms with Gasteiger partial charge in [-0.25, -0.2) is 0 Å². The van der Waals surface area contributed by atoms with E-state index in [1.54, 1.807) is 7.05 Å². The van der Waals surface area contributed by atoms with Crippen molar-refractivity contribution in [1.82, 2.24) is 20.2 Å². The van der Waals surface area contributed by atoms with Gasteiger partial charge in [-0.1, -0.05) is 54.6 Å². The number of tetrazole rings is 1. The van der Waals surface area contributed by atoms with Gasteiger partial charge < -0.3 is 0 Å². The van der Waals surface area contributed by atoms with Crippen LogP contribution in [-0.2, 0) is 19.9 Å². The van der Waals surface area contributed by atoms with Gasteiger partial charge in [0.25, 0.3) is 0 Å². The minimum absolute atomic E-state index is 0.691. The molecule has 0 fully saturated rings. The summed E-state index contributed by atoms with van der Waals surface area (Å²) in [5.41, 5.74) is 3.66. The molecule has 0 N–H and O–H groups in total. The molecule has 0 saturated heterocycles. The second-order valence-corrected chi connectivity index (χ2v) is 4.75. The predicted molar refractivity (Wildman–Crippen MR) is 78.1 cm³/mol. The van der Waals surface area contributed by atoms with E-state index in [-0.39, 0.29) is 0 Å². The van der Waals surface area contributed by atoms with Gasteiger partial charge in [-0.15, -0.1) is 10.2 Å². The van der Waals surface area contributed by atoms with Crippen molar-refractivity contribution in [3.63, 3.8) is 0 Å². The van der Waals surface area contributed by atoms with E-state index in [0.29, 0.717) is 5.82 Å². The summed E-state index contributed by atoms with van der Waals surface area (Å²) < 4.78 is 0. The Bertz CT molecular complexity index is 688. The number of benzene rings is 2. The van der Waals surface area contributed by atoms with Crippen LogP contribution in [0.25, 0.3) is 11.4 Å². The summed E-state index contributed by atoms with van der Waals surface area (Å²) in [4.78, 5) is 1.49. The van der Waals surface area contributed by atoms with Crippen LogP contribution in [0.3, 0.4) is 0 Å². The van der Waals surface area contributed by atoms with E-state index in [1.807, 2.05) is 12.1 Å². The normalized spacial score (nSPS) is 10.7. The predicted octanol–water partition coefficient (Wildman–Crippen LogP) is 2.66. The van der Waals surface area contributed by atoms with Gasteiger partial charge in [0.05, 0.1) is 7.05 Å². The van der Waals surface area contributed by atoms with Gasteiger partial charge >= 0.3 is 0 Å². The Labute approximate surface area is 118 Å². The first-order valence-electron chi connectivity index (χ1n) is 6.69. The van der Waals surface area contributed by atoms with E-state index >= 15 is 0 Å². The van der Waals surface area contributed by atoms with Crippen LogP contribution in [0, 0.1) is 0 Å². The highest BCUT2D eigenvalue weighted by atomic mass is 15.6. The number of hydrogen-bond acceptors (Lipinski definition) is 3. The Morgan fingerprint density at radius 1 is 0.900 bits per heavy atom. The monoisotopic (exact) mass is 264 g/mol. The van der Waals surface area contributed by atoms with Crippen LogP contribution in [0.2, 0.25) is 0 Å². The lowest BCUT2D eigenvalue weighted by Crippen LogP contribution is -1.96. The molecule has 0 aliphatic carbocycles. The van der Waals surface area contributed by atoms with Crippen molar-refractivity contribution in [3.8, 4) is 11.4 Å². The molecule has 1 aromatic heterocycles. The third kappa shape index (κ3) is 2.74.